The van der Waals surface area contributed by atoms with Crippen LogP contribution in [-0.2, 0) is 4.74 Å². The highest BCUT2D eigenvalue weighted by Crippen LogP contribution is 2.17. The van der Waals surface area contributed by atoms with Gasteiger partial charge in [0, 0.05) is 18.3 Å². The van der Waals surface area contributed by atoms with Gasteiger partial charge in [0.25, 0.3) is 5.91 Å². The molecule has 6 nitrogen and oxygen atoms in total. The van der Waals surface area contributed by atoms with E-state index in [0.29, 0.717) is 43.4 Å². The molecule has 1 atom stereocenters. The Morgan fingerprint density at radius 3 is 2.96 bits per heavy atom. The van der Waals surface area contributed by atoms with Gasteiger partial charge in [-0.25, -0.2) is 0 Å². The molecule has 0 spiro atoms. The summed E-state index contributed by atoms with van der Waals surface area (Å²) in [6.07, 6.45) is 3.11. The molecule has 24 heavy (non-hydrogen) atoms. The molecule has 0 N–H and O–H groups in total. The van der Waals surface area contributed by atoms with Crippen molar-refractivity contribution >= 4 is 5.91 Å². The Kier molecular flexibility index (Phi) is 5.28. The summed E-state index contributed by atoms with van der Waals surface area (Å²) >= 11 is 0. The summed E-state index contributed by atoms with van der Waals surface area (Å²) in [7, 11) is 1.58. The molecule has 3 rings (SSSR count). The molecule has 2 heterocycles. The van der Waals surface area contributed by atoms with Crippen LogP contribution in [0.25, 0.3) is 0 Å². The van der Waals surface area contributed by atoms with Gasteiger partial charge in [0.05, 0.1) is 33.1 Å². The van der Waals surface area contributed by atoms with E-state index in [1.807, 2.05) is 24.3 Å². The van der Waals surface area contributed by atoms with Crippen LogP contribution in [0.1, 0.15) is 10.4 Å². The van der Waals surface area contributed by atoms with E-state index in [4.69, 9.17) is 14.2 Å². The number of methoxy groups -OCH3 is 1. The molecule has 0 radical (unpaired) electrons. The number of hydrogen-bond donors (Lipinski definition) is 0. The second-order valence-electron chi connectivity index (χ2n) is 5.49. The number of benzene rings is 1. The zero-order valence-corrected chi connectivity index (χ0v) is 13.6. The summed E-state index contributed by atoms with van der Waals surface area (Å²) < 4.78 is 16.7. The van der Waals surface area contributed by atoms with E-state index < -0.39 is 0 Å². The molecule has 1 fully saturated rings. The molecule has 126 valence electrons. The van der Waals surface area contributed by atoms with Crippen LogP contribution in [0.2, 0.25) is 0 Å². The smallest absolute Gasteiger partial charge is 0.254 e. The van der Waals surface area contributed by atoms with Gasteiger partial charge in [0.15, 0.2) is 0 Å². The highest BCUT2D eigenvalue weighted by atomic mass is 16.5. The summed E-state index contributed by atoms with van der Waals surface area (Å²) in [5.74, 6) is 1.27. The van der Waals surface area contributed by atoms with Crippen LogP contribution in [0.3, 0.4) is 0 Å². The number of ether oxygens (including phenoxy) is 3. The van der Waals surface area contributed by atoms with Crippen LogP contribution < -0.4 is 9.47 Å². The van der Waals surface area contributed by atoms with Gasteiger partial charge in [-0.1, -0.05) is 6.07 Å². The fourth-order valence-electron chi connectivity index (χ4n) is 2.58. The third-order valence-electron chi connectivity index (χ3n) is 3.77. The molecule has 1 saturated heterocycles. The van der Waals surface area contributed by atoms with E-state index in [2.05, 4.69) is 4.98 Å². The number of carbonyl (C=O) groups is 1. The first-order valence-corrected chi connectivity index (χ1v) is 7.84. The van der Waals surface area contributed by atoms with Crippen LogP contribution in [0.5, 0.6) is 11.5 Å². The van der Waals surface area contributed by atoms with Gasteiger partial charge in [-0.3, -0.25) is 9.78 Å². The van der Waals surface area contributed by atoms with Crippen molar-refractivity contribution in [1.29, 1.82) is 0 Å². The largest absolute Gasteiger partial charge is 0.497 e. The van der Waals surface area contributed by atoms with Crippen molar-refractivity contribution in [3.8, 4) is 11.5 Å². The standard InChI is InChI=1S/C18H20N2O4/c1-22-15-5-2-4-14(10-15)18(21)20-8-9-23-13-17(12-20)24-16-6-3-7-19-11-16/h2-7,10-11,17H,8-9,12-13H2,1H3/t17-/m1/s1. The number of pyridine rings is 1. The third kappa shape index (κ3) is 4.02. The second-order valence-corrected chi connectivity index (χ2v) is 5.49. The van der Waals surface area contributed by atoms with Gasteiger partial charge in [-0.05, 0) is 30.3 Å². The van der Waals surface area contributed by atoms with Crippen LogP contribution in [-0.4, -0.2) is 55.3 Å². The zero-order valence-electron chi connectivity index (χ0n) is 13.6. The SMILES string of the molecule is COc1cccc(C(=O)N2CCOC[C@H](Oc3cccnc3)C2)c1. The zero-order chi connectivity index (χ0) is 16.8. The summed E-state index contributed by atoms with van der Waals surface area (Å²) in [6, 6.07) is 10.8. The molecule has 1 aliphatic heterocycles. The third-order valence-corrected chi connectivity index (χ3v) is 3.77. The predicted octanol–water partition coefficient (Wildman–Crippen LogP) is 2.01. The van der Waals surface area contributed by atoms with Gasteiger partial charge >= 0.3 is 0 Å². The van der Waals surface area contributed by atoms with Crippen LogP contribution in [0.4, 0.5) is 0 Å². The first kappa shape index (κ1) is 16.3. The topological polar surface area (TPSA) is 60.9 Å². The minimum absolute atomic E-state index is 0.0563. The molecule has 0 unspecified atom stereocenters. The maximum Gasteiger partial charge on any atom is 0.254 e. The van der Waals surface area contributed by atoms with Gasteiger partial charge < -0.3 is 19.1 Å². The molecule has 6 heteroatoms. The fraction of sp³-hybridized carbons (Fsp3) is 0.333. The highest BCUT2D eigenvalue weighted by molar-refractivity contribution is 5.94. The maximum absolute atomic E-state index is 12.8. The minimum atomic E-state index is -0.230. The molecule has 1 amide bonds. The lowest BCUT2D eigenvalue weighted by molar-refractivity contribution is 0.0650. The summed E-state index contributed by atoms with van der Waals surface area (Å²) in [5, 5.41) is 0. The van der Waals surface area contributed by atoms with E-state index in [9.17, 15) is 4.79 Å². The Bertz CT molecular complexity index is 678. The van der Waals surface area contributed by atoms with E-state index in [1.54, 1.807) is 36.5 Å². The van der Waals surface area contributed by atoms with E-state index in [1.165, 1.54) is 0 Å². The van der Waals surface area contributed by atoms with E-state index in [0.717, 1.165) is 0 Å². The number of aromatic nitrogens is 1. The average molecular weight is 328 g/mol. The number of nitrogens with zero attached hydrogens (tertiary/aromatic N) is 2. The molecule has 0 aliphatic carbocycles. The number of rotatable bonds is 4. The lowest BCUT2D eigenvalue weighted by Crippen LogP contribution is -2.40. The lowest BCUT2D eigenvalue weighted by Gasteiger charge is -2.24. The fourth-order valence-corrected chi connectivity index (χ4v) is 2.58. The predicted molar refractivity (Wildman–Crippen MR) is 88.4 cm³/mol. The Hall–Kier alpha value is -2.60. The van der Waals surface area contributed by atoms with Crippen molar-refractivity contribution in [3.05, 3.63) is 54.4 Å². The summed E-state index contributed by atoms with van der Waals surface area (Å²) in [4.78, 5) is 18.6. The van der Waals surface area contributed by atoms with Crippen LogP contribution in [0.15, 0.2) is 48.8 Å². The molecule has 0 bridgehead atoms. The molecule has 1 aromatic heterocycles. The van der Waals surface area contributed by atoms with Crippen molar-refractivity contribution in [2.45, 2.75) is 6.10 Å². The second kappa shape index (κ2) is 7.79. The van der Waals surface area contributed by atoms with Gasteiger partial charge in [-0.2, -0.15) is 0 Å². The van der Waals surface area contributed by atoms with E-state index >= 15 is 0 Å². The molecular formula is C18H20N2O4. The number of hydrogen-bond acceptors (Lipinski definition) is 5. The summed E-state index contributed by atoms with van der Waals surface area (Å²) in [5.41, 5.74) is 0.594. The minimum Gasteiger partial charge on any atom is -0.497 e. The van der Waals surface area contributed by atoms with Crippen LogP contribution >= 0.6 is 0 Å². The Labute approximate surface area is 141 Å². The molecular weight excluding hydrogens is 308 g/mol. The van der Waals surface area contributed by atoms with Gasteiger partial charge in [0.2, 0.25) is 0 Å². The number of amides is 1. The van der Waals surface area contributed by atoms with E-state index in [-0.39, 0.29) is 12.0 Å². The number of carbonyl (C=O) groups excluding carboxylic acids is 1. The molecule has 0 saturated carbocycles. The van der Waals surface area contributed by atoms with Gasteiger partial charge in [-0.15, -0.1) is 0 Å². The van der Waals surface area contributed by atoms with Crippen molar-refractivity contribution in [2.75, 3.05) is 33.4 Å². The highest BCUT2D eigenvalue weighted by Gasteiger charge is 2.24. The van der Waals surface area contributed by atoms with Crippen molar-refractivity contribution in [3.63, 3.8) is 0 Å². The average Bonchev–Trinajstić information content (AvgIpc) is 2.87. The molecule has 1 aliphatic rings. The van der Waals surface area contributed by atoms with Crippen molar-refractivity contribution < 1.29 is 19.0 Å². The van der Waals surface area contributed by atoms with Crippen LogP contribution in [0, 0.1) is 0 Å². The van der Waals surface area contributed by atoms with Crippen molar-refractivity contribution in [2.24, 2.45) is 0 Å². The Balaban J connectivity index is 1.70. The quantitative estimate of drug-likeness (QED) is 0.859. The Morgan fingerprint density at radius 2 is 2.17 bits per heavy atom. The molecule has 1 aromatic carbocycles. The monoisotopic (exact) mass is 328 g/mol. The Morgan fingerprint density at radius 1 is 1.29 bits per heavy atom. The van der Waals surface area contributed by atoms with Crippen molar-refractivity contribution in [1.82, 2.24) is 9.88 Å². The normalized spacial score (nSPS) is 17.9. The lowest BCUT2D eigenvalue weighted by atomic mass is 10.2. The summed E-state index contributed by atoms with van der Waals surface area (Å²) in [6.45, 7) is 1.92. The first-order chi connectivity index (χ1) is 11.8. The first-order valence-electron chi connectivity index (χ1n) is 7.84. The van der Waals surface area contributed by atoms with Gasteiger partial charge in [0.1, 0.15) is 17.6 Å². The maximum atomic E-state index is 12.8. The molecule has 2 aromatic rings.